The van der Waals surface area contributed by atoms with Crippen molar-refractivity contribution >= 4 is 62.2 Å². The number of carbonyl (C=O) groups excluding carboxylic acids is 4. The van der Waals surface area contributed by atoms with E-state index in [0.717, 1.165) is 41.9 Å². The number of sulfonamides is 1. The summed E-state index contributed by atoms with van der Waals surface area (Å²) in [4.78, 5) is 63.2. The second kappa shape index (κ2) is 17.0. The number of hydrogen-bond acceptors (Lipinski definition) is 9. The Labute approximate surface area is 334 Å². The third-order valence-corrected chi connectivity index (χ3v) is 14.7. The molecule has 1 aromatic rings. The van der Waals surface area contributed by atoms with Gasteiger partial charge in [-0.3, -0.25) is 29.0 Å². The molecule has 6 rings (SSSR count). The van der Waals surface area contributed by atoms with Crippen molar-refractivity contribution in [2.45, 2.75) is 135 Å². The van der Waals surface area contributed by atoms with Crippen molar-refractivity contribution in [2.75, 3.05) is 6.54 Å². The Bertz CT molecular complexity index is 1890. The van der Waals surface area contributed by atoms with Crippen LogP contribution in [0.15, 0.2) is 45.9 Å². The van der Waals surface area contributed by atoms with Crippen LogP contribution in [0.1, 0.15) is 110 Å². The molecule has 3 fully saturated rings. The number of carbonyl (C=O) groups is 4. The number of rotatable bonds is 12. The monoisotopic (exact) mass is 815 g/mol. The third-order valence-electron chi connectivity index (χ3n) is 11.5. The van der Waals surface area contributed by atoms with Crippen LogP contribution < -0.4 is 10.0 Å². The zero-order chi connectivity index (χ0) is 39.7. The highest BCUT2D eigenvalue weighted by atomic mass is 35.5. The molecule has 300 valence electrons. The number of allylic oxidation sites excluding steroid dienone is 1. The lowest BCUT2D eigenvalue weighted by atomic mass is 9.99. The second-order valence-corrected chi connectivity index (χ2v) is 19.6. The van der Waals surface area contributed by atoms with E-state index in [1.165, 1.54) is 10.5 Å². The van der Waals surface area contributed by atoms with E-state index < -0.39 is 50.9 Å². The fraction of sp³-hybridized carbons (Fsp3) is 0.625. The average molecular weight is 816 g/mol. The van der Waals surface area contributed by atoms with Gasteiger partial charge in [0, 0.05) is 29.8 Å². The van der Waals surface area contributed by atoms with Gasteiger partial charge >= 0.3 is 6.09 Å². The topological polar surface area (TPSA) is 155 Å². The van der Waals surface area contributed by atoms with Gasteiger partial charge in [0.25, 0.3) is 5.91 Å². The highest BCUT2D eigenvalue weighted by Gasteiger charge is 2.57. The van der Waals surface area contributed by atoms with Crippen LogP contribution in [0.3, 0.4) is 0 Å². The van der Waals surface area contributed by atoms with Crippen LogP contribution in [0.5, 0.6) is 0 Å². The summed E-state index contributed by atoms with van der Waals surface area (Å²) < 4.78 is 33.2. The van der Waals surface area contributed by atoms with Crippen LogP contribution >= 0.6 is 23.4 Å². The average Bonchev–Trinajstić information content (AvgIpc) is 3.98. The number of nitrogens with zero attached hydrogens (tertiary/aromatic N) is 3. The lowest BCUT2D eigenvalue weighted by molar-refractivity contribution is -0.137. The zero-order valence-electron chi connectivity index (χ0n) is 32.4. The second-order valence-electron chi connectivity index (χ2n) is 16.3. The molecule has 12 nitrogen and oxygen atoms in total. The third kappa shape index (κ3) is 9.79. The van der Waals surface area contributed by atoms with E-state index in [1.807, 2.05) is 32.9 Å². The van der Waals surface area contributed by atoms with Gasteiger partial charge < -0.3 is 15.0 Å². The Morgan fingerprint density at radius 1 is 1.11 bits per heavy atom. The number of thioether (sulfide) groups is 1. The van der Waals surface area contributed by atoms with Gasteiger partial charge in [-0.2, -0.15) is 0 Å². The molecule has 15 heteroatoms. The Morgan fingerprint density at radius 3 is 2.51 bits per heavy atom. The van der Waals surface area contributed by atoms with E-state index in [1.54, 1.807) is 28.9 Å². The van der Waals surface area contributed by atoms with E-state index in [2.05, 4.69) is 29.3 Å². The minimum atomic E-state index is -3.75. The standard InChI is InChI=1S/C40H54ClN5O7S2/c1-6-28-17-40(28,18-35(47)44-55(51,52)30-14-15-30)43-37(48)34-16-29(53-39(50)45-20-26-11-9-12-33(41)32(26)22-45)21-46(34)38(49)31(25(4)5)19-42-36-13-8-7-10-27(23-54-36)24(2)3/h9,11-12,19,23-25,28-30,34H,6-8,10,13-18,20-22H2,1-5H3,(H,43,48)(H,44,47)/b27-23?,31-19+,42-36?. The lowest BCUT2D eigenvalue weighted by Gasteiger charge is -2.28. The largest absolute Gasteiger partial charge is 0.444 e. The summed E-state index contributed by atoms with van der Waals surface area (Å²) in [6.07, 6.45) is 6.29. The summed E-state index contributed by atoms with van der Waals surface area (Å²) in [5.74, 6) is -1.33. The summed E-state index contributed by atoms with van der Waals surface area (Å²) >= 11 is 7.99. The van der Waals surface area contributed by atoms with Crippen molar-refractivity contribution in [1.82, 2.24) is 19.8 Å². The van der Waals surface area contributed by atoms with Crippen LogP contribution in [-0.4, -0.2) is 76.6 Å². The molecule has 2 N–H and O–H groups in total. The van der Waals surface area contributed by atoms with Crippen molar-refractivity contribution in [3.05, 3.63) is 57.1 Å². The summed E-state index contributed by atoms with van der Waals surface area (Å²) in [6.45, 7) is 10.8. The van der Waals surface area contributed by atoms with E-state index in [-0.39, 0.29) is 37.1 Å². The number of halogens is 1. The number of fused-ring (bicyclic) bond motifs is 1. The smallest absolute Gasteiger partial charge is 0.410 e. The molecule has 0 bridgehead atoms. The summed E-state index contributed by atoms with van der Waals surface area (Å²) in [5, 5.41) is 6.19. The number of nitrogens with one attached hydrogen (secondary N) is 2. The molecule has 4 amide bonds. The number of hydrogen-bond donors (Lipinski definition) is 2. The molecule has 2 aliphatic carbocycles. The van der Waals surface area contributed by atoms with E-state index in [0.29, 0.717) is 55.3 Å². The van der Waals surface area contributed by atoms with Crippen molar-refractivity contribution < 1.29 is 32.3 Å². The highest BCUT2D eigenvalue weighted by Crippen LogP contribution is 2.49. The predicted molar refractivity (Wildman–Crippen MR) is 214 cm³/mol. The summed E-state index contributed by atoms with van der Waals surface area (Å²) in [7, 11) is -3.75. The first kappa shape index (κ1) is 41.3. The van der Waals surface area contributed by atoms with E-state index >= 15 is 0 Å². The number of ether oxygens (including phenoxy) is 1. The Kier molecular flexibility index (Phi) is 12.8. The van der Waals surface area contributed by atoms with Crippen LogP contribution in [0, 0.1) is 17.8 Å². The molecule has 3 heterocycles. The van der Waals surface area contributed by atoms with Gasteiger partial charge in [-0.1, -0.05) is 82.1 Å². The molecular formula is C40H54ClN5O7S2. The maximum atomic E-state index is 14.5. The van der Waals surface area contributed by atoms with Gasteiger partial charge in [-0.05, 0) is 85.3 Å². The number of benzene rings is 1. The van der Waals surface area contributed by atoms with Crippen molar-refractivity contribution in [3.63, 3.8) is 0 Å². The van der Waals surface area contributed by atoms with Crippen molar-refractivity contribution in [2.24, 2.45) is 22.7 Å². The van der Waals surface area contributed by atoms with Crippen molar-refractivity contribution in [1.29, 1.82) is 0 Å². The molecule has 3 aliphatic heterocycles. The van der Waals surface area contributed by atoms with Crippen LogP contribution in [0.25, 0.3) is 0 Å². The van der Waals surface area contributed by atoms with E-state index in [4.69, 9.17) is 21.3 Å². The first-order valence-electron chi connectivity index (χ1n) is 19.6. The predicted octanol–water partition coefficient (Wildman–Crippen LogP) is 6.83. The minimum Gasteiger partial charge on any atom is -0.444 e. The van der Waals surface area contributed by atoms with Crippen LogP contribution in [0.2, 0.25) is 5.02 Å². The van der Waals surface area contributed by atoms with Crippen molar-refractivity contribution in [3.8, 4) is 0 Å². The number of likely N-dealkylation sites (tertiary alicyclic amines) is 1. The highest BCUT2D eigenvalue weighted by molar-refractivity contribution is 8.16. The van der Waals surface area contributed by atoms with Gasteiger partial charge in [0.05, 0.1) is 35.3 Å². The molecule has 0 aromatic heterocycles. The molecule has 1 saturated heterocycles. The molecule has 4 atom stereocenters. The fourth-order valence-electron chi connectivity index (χ4n) is 7.83. The van der Waals surface area contributed by atoms with Crippen LogP contribution in [-0.2, 0) is 42.2 Å². The number of aliphatic imine (C=N–C) groups is 1. The number of amides is 4. The molecule has 5 aliphatic rings. The van der Waals surface area contributed by atoms with Gasteiger partial charge in [-0.15, -0.1) is 0 Å². The molecular weight excluding hydrogens is 762 g/mol. The first-order valence-corrected chi connectivity index (χ1v) is 22.4. The van der Waals surface area contributed by atoms with Gasteiger partial charge in [-0.25, -0.2) is 13.2 Å². The maximum absolute atomic E-state index is 14.5. The zero-order valence-corrected chi connectivity index (χ0v) is 34.8. The molecule has 0 radical (unpaired) electrons. The fourth-order valence-corrected chi connectivity index (χ4v) is 10.4. The quantitative estimate of drug-likeness (QED) is 0.218. The molecule has 1 aromatic carbocycles. The summed E-state index contributed by atoms with van der Waals surface area (Å²) in [6, 6.07) is 4.53. The molecule has 4 unspecified atom stereocenters. The van der Waals surface area contributed by atoms with Crippen LogP contribution in [0.4, 0.5) is 4.79 Å². The molecule has 2 saturated carbocycles. The Morgan fingerprint density at radius 2 is 1.85 bits per heavy atom. The normalized spacial score (nSPS) is 26.4. The maximum Gasteiger partial charge on any atom is 0.410 e. The molecule has 55 heavy (non-hydrogen) atoms. The minimum absolute atomic E-state index is 0.00953. The lowest BCUT2D eigenvalue weighted by Crippen LogP contribution is -2.52. The Hall–Kier alpha value is -3.36. The van der Waals surface area contributed by atoms with E-state index in [9.17, 15) is 27.6 Å². The first-order chi connectivity index (χ1) is 26.1. The Balaban J connectivity index is 1.22. The molecule has 0 spiro atoms. The summed E-state index contributed by atoms with van der Waals surface area (Å²) in [5.41, 5.74) is 2.66. The van der Waals surface area contributed by atoms with Gasteiger partial charge in [0.1, 0.15) is 12.1 Å². The van der Waals surface area contributed by atoms with Gasteiger partial charge in [0.15, 0.2) is 0 Å². The SMILES string of the molecule is CCC1CC1(CC(=O)NS(=O)(=O)C1CC1)NC(=O)C1CC(OC(=O)N2Cc3cccc(Cl)c3C2)CN1C(=O)/C(=C/N=C1CCCCC(C(C)C)=CS1)C(C)C. The van der Waals surface area contributed by atoms with Gasteiger partial charge in [0.2, 0.25) is 21.8 Å².